The van der Waals surface area contributed by atoms with Crippen LogP contribution in [0.2, 0.25) is 0 Å². The van der Waals surface area contributed by atoms with Crippen molar-refractivity contribution in [3.63, 3.8) is 0 Å². The number of fused-ring (bicyclic) bond motifs is 1. The molecule has 0 bridgehead atoms. The first-order valence-corrected chi connectivity index (χ1v) is 11.7. The Morgan fingerprint density at radius 2 is 1.35 bits per heavy atom. The van der Waals surface area contributed by atoms with Crippen LogP contribution in [0.5, 0.6) is 0 Å². The van der Waals surface area contributed by atoms with E-state index in [9.17, 15) is 4.79 Å². The Labute approximate surface area is 160 Å². The molecule has 4 aliphatic rings. The maximum Gasteiger partial charge on any atom is 0.149 e. The van der Waals surface area contributed by atoms with Crippen molar-refractivity contribution in [1.29, 1.82) is 0 Å². The van der Waals surface area contributed by atoms with Gasteiger partial charge in [0.1, 0.15) is 5.78 Å². The van der Waals surface area contributed by atoms with E-state index in [-0.39, 0.29) is 0 Å². The van der Waals surface area contributed by atoms with Crippen LogP contribution in [0.15, 0.2) is 0 Å². The molecule has 3 aliphatic carbocycles. The van der Waals surface area contributed by atoms with Gasteiger partial charge in [-0.15, -0.1) is 0 Å². The number of Topliss-reactive ketones (excluding diaryl/α,β-unsaturated/α-hetero) is 1. The summed E-state index contributed by atoms with van der Waals surface area (Å²) in [5.41, 5.74) is 0. The SMILES string of the molecule is CC1N(C)C2CCCCC2N1CC(=O)C1CCC(C2CCCCC2)CC1. The summed E-state index contributed by atoms with van der Waals surface area (Å²) in [6, 6.07) is 1.32. The number of hydrogen-bond donors (Lipinski definition) is 0. The Morgan fingerprint density at radius 1 is 0.769 bits per heavy atom. The minimum Gasteiger partial charge on any atom is -0.298 e. The van der Waals surface area contributed by atoms with Crippen LogP contribution < -0.4 is 0 Å². The zero-order valence-corrected chi connectivity index (χ0v) is 17.2. The van der Waals surface area contributed by atoms with Crippen molar-refractivity contribution >= 4 is 5.78 Å². The van der Waals surface area contributed by atoms with E-state index in [4.69, 9.17) is 0 Å². The van der Waals surface area contributed by atoms with Gasteiger partial charge in [-0.1, -0.05) is 44.9 Å². The van der Waals surface area contributed by atoms with E-state index < -0.39 is 0 Å². The molecule has 148 valence electrons. The zero-order valence-electron chi connectivity index (χ0n) is 17.2. The predicted octanol–water partition coefficient (Wildman–Crippen LogP) is 4.85. The lowest BCUT2D eigenvalue weighted by atomic mass is 9.70. The Balaban J connectivity index is 1.30. The van der Waals surface area contributed by atoms with Crippen LogP contribution in [0.3, 0.4) is 0 Å². The smallest absolute Gasteiger partial charge is 0.149 e. The maximum absolute atomic E-state index is 13.1. The molecule has 4 rings (SSSR count). The van der Waals surface area contributed by atoms with Gasteiger partial charge in [0.25, 0.3) is 0 Å². The molecule has 1 saturated heterocycles. The molecule has 0 amide bonds. The number of hydrogen-bond acceptors (Lipinski definition) is 3. The lowest BCUT2D eigenvalue weighted by Gasteiger charge is -2.36. The van der Waals surface area contributed by atoms with Crippen LogP contribution >= 0.6 is 0 Å². The first kappa shape index (κ1) is 18.9. The molecule has 0 spiro atoms. The highest BCUT2D eigenvalue weighted by Gasteiger charge is 2.45. The largest absolute Gasteiger partial charge is 0.298 e. The van der Waals surface area contributed by atoms with Gasteiger partial charge in [-0.05, 0) is 64.3 Å². The summed E-state index contributed by atoms with van der Waals surface area (Å²) < 4.78 is 0. The van der Waals surface area contributed by atoms with Crippen molar-refractivity contribution in [1.82, 2.24) is 9.80 Å². The fraction of sp³-hybridized carbons (Fsp3) is 0.957. The first-order chi connectivity index (χ1) is 12.6. The van der Waals surface area contributed by atoms with Crippen LogP contribution in [0.1, 0.15) is 90.4 Å². The molecule has 0 aromatic heterocycles. The molecule has 0 radical (unpaired) electrons. The highest BCUT2D eigenvalue weighted by atomic mass is 16.1. The van der Waals surface area contributed by atoms with Gasteiger partial charge in [0, 0.05) is 18.0 Å². The summed E-state index contributed by atoms with van der Waals surface area (Å²) in [7, 11) is 2.27. The van der Waals surface area contributed by atoms with Crippen LogP contribution in [0, 0.1) is 17.8 Å². The molecule has 3 unspecified atom stereocenters. The Hall–Kier alpha value is -0.410. The number of ketones is 1. The van der Waals surface area contributed by atoms with Gasteiger partial charge < -0.3 is 0 Å². The Kier molecular flexibility index (Phi) is 6.05. The first-order valence-electron chi connectivity index (χ1n) is 11.7. The van der Waals surface area contributed by atoms with Gasteiger partial charge in [-0.25, -0.2) is 0 Å². The van der Waals surface area contributed by atoms with Crippen LogP contribution in [0.25, 0.3) is 0 Å². The molecular formula is C23H40N2O. The average molecular weight is 361 g/mol. The summed E-state index contributed by atoms with van der Waals surface area (Å²) in [6.45, 7) is 3.02. The van der Waals surface area contributed by atoms with Gasteiger partial charge in [-0.3, -0.25) is 14.6 Å². The number of rotatable bonds is 4. The number of likely N-dealkylation sites (N-methyl/N-ethyl adjacent to an activating group) is 1. The van der Waals surface area contributed by atoms with E-state index in [2.05, 4.69) is 23.8 Å². The molecule has 0 aromatic carbocycles. The van der Waals surface area contributed by atoms with Gasteiger partial charge in [0.15, 0.2) is 0 Å². The monoisotopic (exact) mass is 360 g/mol. The molecule has 4 fully saturated rings. The summed E-state index contributed by atoms with van der Waals surface area (Å²) in [6.07, 6.45) is 18.0. The van der Waals surface area contributed by atoms with E-state index in [1.165, 1.54) is 83.5 Å². The fourth-order valence-electron chi connectivity index (χ4n) is 6.82. The molecule has 26 heavy (non-hydrogen) atoms. The van der Waals surface area contributed by atoms with Crippen molar-refractivity contribution in [3.05, 3.63) is 0 Å². The fourth-order valence-corrected chi connectivity index (χ4v) is 6.82. The Morgan fingerprint density at radius 3 is 2.04 bits per heavy atom. The van der Waals surface area contributed by atoms with Crippen molar-refractivity contribution in [2.75, 3.05) is 13.6 Å². The molecule has 3 saturated carbocycles. The lowest BCUT2D eigenvalue weighted by Crippen LogP contribution is -2.44. The van der Waals surface area contributed by atoms with E-state index in [1.807, 2.05) is 0 Å². The molecule has 1 aliphatic heterocycles. The van der Waals surface area contributed by atoms with Gasteiger partial charge in [0.05, 0.1) is 12.7 Å². The molecular weight excluding hydrogens is 320 g/mol. The summed E-state index contributed by atoms with van der Waals surface area (Å²) in [5, 5.41) is 0. The van der Waals surface area contributed by atoms with Crippen molar-refractivity contribution in [2.24, 2.45) is 17.8 Å². The third-order valence-corrected chi connectivity index (χ3v) is 8.59. The number of carbonyl (C=O) groups is 1. The average Bonchev–Trinajstić information content (AvgIpc) is 2.94. The van der Waals surface area contributed by atoms with Crippen LogP contribution in [0.4, 0.5) is 0 Å². The topological polar surface area (TPSA) is 23.6 Å². The van der Waals surface area contributed by atoms with Crippen molar-refractivity contribution in [3.8, 4) is 0 Å². The summed E-state index contributed by atoms with van der Waals surface area (Å²) >= 11 is 0. The van der Waals surface area contributed by atoms with Gasteiger partial charge >= 0.3 is 0 Å². The molecule has 3 atom stereocenters. The second-order valence-corrected chi connectivity index (χ2v) is 9.86. The number of carbonyl (C=O) groups excluding carboxylic acids is 1. The van der Waals surface area contributed by atoms with Crippen LogP contribution in [-0.4, -0.2) is 47.4 Å². The standard InChI is InChI=1S/C23H40N2O/c1-17-24(2)21-10-6-7-11-22(21)25(17)16-23(26)20-14-12-19(13-15-20)18-8-4-3-5-9-18/h17-22H,3-16H2,1-2H3. The Bertz CT molecular complexity index is 479. The summed E-state index contributed by atoms with van der Waals surface area (Å²) in [4.78, 5) is 18.2. The third-order valence-electron chi connectivity index (χ3n) is 8.59. The quantitative estimate of drug-likeness (QED) is 0.716. The molecule has 3 nitrogen and oxygen atoms in total. The zero-order chi connectivity index (χ0) is 18.1. The van der Waals surface area contributed by atoms with Gasteiger partial charge in [0.2, 0.25) is 0 Å². The molecule has 0 aromatic rings. The maximum atomic E-state index is 13.1. The van der Waals surface area contributed by atoms with E-state index in [0.717, 1.165) is 11.8 Å². The van der Waals surface area contributed by atoms with E-state index in [1.54, 1.807) is 0 Å². The van der Waals surface area contributed by atoms with E-state index in [0.29, 0.717) is 36.5 Å². The molecule has 0 N–H and O–H groups in total. The van der Waals surface area contributed by atoms with Crippen molar-refractivity contribution in [2.45, 2.75) is 109 Å². The number of nitrogens with zero attached hydrogens (tertiary/aromatic N) is 2. The molecule has 3 heteroatoms. The minimum atomic E-state index is 0.356. The second kappa shape index (κ2) is 8.31. The molecule has 1 heterocycles. The normalized spacial score (nSPS) is 40.5. The van der Waals surface area contributed by atoms with Crippen molar-refractivity contribution < 1.29 is 4.79 Å². The second-order valence-electron chi connectivity index (χ2n) is 9.86. The summed E-state index contributed by atoms with van der Waals surface area (Å²) in [5.74, 6) is 2.82. The predicted molar refractivity (Wildman–Crippen MR) is 107 cm³/mol. The van der Waals surface area contributed by atoms with Gasteiger partial charge in [-0.2, -0.15) is 0 Å². The van der Waals surface area contributed by atoms with Crippen LogP contribution in [-0.2, 0) is 4.79 Å². The van der Waals surface area contributed by atoms with E-state index >= 15 is 0 Å². The highest BCUT2D eigenvalue weighted by molar-refractivity contribution is 5.83. The lowest BCUT2D eigenvalue weighted by molar-refractivity contribution is -0.126. The minimum absolute atomic E-state index is 0.356. The highest BCUT2D eigenvalue weighted by Crippen LogP contribution is 2.41. The third kappa shape index (κ3) is 3.76.